The molecule has 16 heavy (non-hydrogen) atoms. The molecule has 1 saturated heterocycles. The maximum absolute atomic E-state index is 10.8. The van der Waals surface area contributed by atoms with Gasteiger partial charge in [0.1, 0.15) is 5.54 Å². The minimum absolute atomic E-state index is 0.566. The van der Waals surface area contributed by atoms with Gasteiger partial charge in [0.2, 0.25) is 0 Å². The molecule has 4 heteroatoms. The van der Waals surface area contributed by atoms with Crippen LogP contribution in [0, 0.1) is 0 Å². The van der Waals surface area contributed by atoms with Gasteiger partial charge >= 0.3 is 5.97 Å². The van der Waals surface area contributed by atoms with Crippen molar-refractivity contribution in [2.24, 2.45) is 5.73 Å². The van der Waals surface area contributed by atoms with Crippen molar-refractivity contribution in [2.75, 3.05) is 19.6 Å². The lowest BCUT2D eigenvalue weighted by atomic mass is 9.96. The van der Waals surface area contributed by atoms with Gasteiger partial charge in [-0.05, 0) is 58.7 Å². The molecule has 0 aromatic rings. The maximum Gasteiger partial charge on any atom is 0.323 e. The molecule has 0 aliphatic carbocycles. The van der Waals surface area contributed by atoms with E-state index < -0.39 is 11.5 Å². The Morgan fingerprint density at radius 1 is 1.31 bits per heavy atom. The molecule has 94 valence electrons. The van der Waals surface area contributed by atoms with Crippen LogP contribution in [0.1, 0.15) is 45.4 Å². The Balaban J connectivity index is 2.09. The summed E-state index contributed by atoms with van der Waals surface area (Å²) in [5, 5.41) is 8.85. The Morgan fingerprint density at radius 2 is 1.94 bits per heavy atom. The molecule has 1 atom stereocenters. The molecule has 1 unspecified atom stereocenters. The fourth-order valence-electron chi connectivity index (χ4n) is 2.12. The van der Waals surface area contributed by atoms with Gasteiger partial charge < -0.3 is 15.7 Å². The number of likely N-dealkylation sites (tertiary alicyclic amines) is 1. The Kier molecular flexibility index (Phi) is 5.22. The number of hydrogen-bond donors (Lipinski definition) is 2. The van der Waals surface area contributed by atoms with Gasteiger partial charge in [-0.2, -0.15) is 0 Å². The molecule has 1 heterocycles. The van der Waals surface area contributed by atoms with Crippen molar-refractivity contribution in [3.8, 4) is 0 Å². The smallest absolute Gasteiger partial charge is 0.323 e. The van der Waals surface area contributed by atoms with Crippen molar-refractivity contribution in [3.63, 3.8) is 0 Å². The average Bonchev–Trinajstić information content (AvgIpc) is 2.26. The SMILES string of the molecule is CC(N)(CCCCN1CCCCC1)C(=O)O. The van der Waals surface area contributed by atoms with Gasteiger partial charge in [-0.1, -0.05) is 6.42 Å². The van der Waals surface area contributed by atoms with E-state index in [4.69, 9.17) is 10.8 Å². The van der Waals surface area contributed by atoms with E-state index in [1.807, 2.05) is 0 Å². The van der Waals surface area contributed by atoms with Crippen LogP contribution < -0.4 is 5.73 Å². The van der Waals surface area contributed by atoms with E-state index in [1.165, 1.54) is 32.4 Å². The summed E-state index contributed by atoms with van der Waals surface area (Å²) in [6.45, 7) is 5.10. The number of carbonyl (C=O) groups is 1. The molecule has 4 nitrogen and oxygen atoms in total. The van der Waals surface area contributed by atoms with Crippen LogP contribution in [-0.2, 0) is 4.79 Å². The monoisotopic (exact) mass is 228 g/mol. The highest BCUT2D eigenvalue weighted by atomic mass is 16.4. The number of nitrogens with two attached hydrogens (primary N) is 1. The second kappa shape index (κ2) is 6.21. The molecule has 0 aromatic heterocycles. The summed E-state index contributed by atoms with van der Waals surface area (Å²) in [6.07, 6.45) is 6.50. The summed E-state index contributed by atoms with van der Waals surface area (Å²) < 4.78 is 0. The van der Waals surface area contributed by atoms with Crippen LogP contribution in [0.4, 0.5) is 0 Å². The van der Waals surface area contributed by atoms with Crippen molar-refractivity contribution >= 4 is 5.97 Å². The molecule has 0 spiro atoms. The molecule has 3 N–H and O–H groups in total. The minimum Gasteiger partial charge on any atom is -0.480 e. The first kappa shape index (κ1) is 13.5. The fourth-order valence-corrected chi connectivity index (χ4v) is 2.12. The van der Waals surface area contributed by atoms with Crippen molar-refractivity contribution < 1.29 is 9.90 Å². The lowest BCUT2D eigenvalue weighted by molar-refractivity contribution is -0.142. The Hall–Kier alpha value is -0.610. The second-order valence-electron chi connectivity index (χ2n) is 5.08. The molecule has 0 bridgehead atoms. The van der Waals surface area contributed by atoms with Gasteiger partial charge in [0, 0.05) is 0 Å². The number of carboxylic acid groups (broad SMARTS) is 1. The predicted molar refractivity (Wildman–Crippen MR) is 64.4 cm³/mol. The second-order valence-corrected chi connectivity index (χ2v) is 5.08. The molecule has 0 saturated carbocycles. The largest absolute Gasteiger partial charge is 0.480 e. The van der Waals surface area contributed by atoms with Crippen molar-refractivity contribution in [3.05, 3.63) is 0 Å². The molecule has 1 rings (SSSR count). The number of unbranched alkanes of at least 4 members (excludes halogenated alkanes) is 1. The lowest BCUT2D eigenvalue weighted by Crippen LogP contribution is -2.44. The highest BCUT2D eigenvalue weighted by Gasteiger charge is 2.26. The molecule has 0 aromatic carbocycles. The zero-order valence-corrected chi connectivity index (χ0v) is 10.2. The maximum atomic E-state index is 10.8. The van der Waals surface area contributed by atoms with Crippen molar-refractivity contribution in [1.82, 2.24) is 4.90 Å². The number of aliphatic carboxylic acids is 1. The summed E-state index contributed by atoms with van der Waals surface area (Å²) in [5.74, 6) is -0.898. The minimum atomic E-state index is -1.05. The number of nitrogens with zero attached hydrogens (tertiary/aromatic N) is 1. The van der Waals surface area contributed by atoms with Gasteiger partial charge in [-0.25, -0.2) is 0 Å². The van der Waals surface area contributed by atoms with Gasteiger partial charge in [-0.15, -0.1) is 0 Å². The quantitative estimate of drug-likeness (QED) is 0.675. The Labute approximate surface area is 97.8 Å². The predicted octanol–water partition coefficient (Wildman–Crippen LogP) is 1.44. The van der Waals surface area contributed by atoms with Crippen molar-refractivity contribution in [2.45, 2.75) is 51.0 Å². The molecule has 1 fully saturated rings. The van der Waals surface area contributed by atoms with Gasteiger partial charge in [-0.3, -0.25) is 4.79 Å². The van der Waals surface area contributed by atoms with E-state index in [0.29, 0.717) is 6.42 Å². The third kappa shape index (κ3) is 4.49. The molecule has 0 amide bonds. The third-order valence-electron chi connectivity index (χ3n) is 3.36. The van der Waals surface area contributed by atoms with E-state index in [9.17, 15) is 4.79 Å². The summed E-state index contributed by atoms with van der Waals surface area (Å²) in [6, 6.07) is 0. The number of hydrogen-bond acceptors (Lipinski definition) is 3. The van der Waals surface area contributed by atoms with Crippen LogP contribution in [-0.4, -0.2) is 41.1 Å². The first-order valence-electron chi connectivity index (χ1n) is 6.27. The highest BCUT2D eigenvalue weighted by Crippen LogP contribution is 2.13. The summed E-state index contributed by atoms with van der Waals surface area (Å²) in [4.78, 5) is 13.3. The topological polar surface area (TPSA) is 66.6 Å². The normalized spacial score (nSPS) is 21.6. The van der Waals surface area contributed by atoms with E-state index in [0.717, 1.165) is 19.4 Å². The van der Waals surface area contributed by atoms with Crippen LogP contribution in [0.25, 0.3) is 0 Å². The lowest BCUT2D eigenvalue weighted by Gasteiger charge is -2.26. The van der Waals surface area contributed by atoms with Gasteiger partial charge in [0.25, 0.3) is 0 Å². The van der Waals surface area contributed by atoms with E-state index in [1.54, 1.807) is 6.92 Å². The van der Waals surface area contributed by atoms with E-state index >= 15 is 0 Å². The number of piperidine rings is 1. The summed E-state index contributed by atoms with van der Waals surface area (Å²) in [5.41, 5.74) is 4.61. The zero-order chi connectivity index (χ0) is 12.0. The first-order chi connectivity index (χ1) is 7.52. The van der Waals surface area contributed by atoms with Gasteiger partial charge in [0.15, 0.2) is 0 Å². The summed E-state index contributed by atoms with van der Waals surface area (Å²) >= 11 is 0. The van der Waals surface area contributed by atoms with E-state index in [-0.39, 0.29) is 0 Å². The van der Waals surface area contributed by atoms with Crippen LogP contribution in [0.5, 0.6) is 0 Å². The molecular weight excluding hydrogens is 204 g/mol. The Bertz CT molecular complexity index is 223. The first-order valence-corrected chi connectivity index (χ1v) is 6.27. The molecule has 0 radical (unpaired) electrons. The van der Waals surface area contributed by atoms with Crippen LogP contribution in [0.15, 0.2) is 0 Å². The third-order valence-corrected chi connectivity index (χ3v) is 3.36. The van der Waals surface area contributed by atoms with E-state index in [2.05, 4.69) is 4.90 Å². The summed E-state index contributed by atoms with van der Waals surface area (Å²) in [7, 11) is 0. The zero-order valence-electron chi connectivity index (χ0n) is 10.2. The van der Waals surface area contributed by atoms with Gasteiger partial charge in [0.05, 0.1) is 0 Å². The van der Waals surface area contributed by atoms with Crippen molar-refractivity contribution in [1.29, 1.82) is 0 Å². The highest BCUT2D eigenvalue weighted by molar-refractivity contribution is 5.77. The fraction of sp³-hybridized carbons (Fsp3) is 0.917. The number of carboxylic acids is 1. The molecule has 1 aliphatic rings. The Morgan fingerprint density at radius 3 is 2.50 bits per heavy atom. The van der Waals surface area contributed by atoms with Crippen LogP contribution >= 0.6 is 0 Å². The molecule has 1 aliphatic heterocycles. The number of rotatable bonds is 6. The molecular formula is C12H24N2O2. The van der Waals surface area contributed by atoms with Crippen LogP contribution in [0.2, 0.25) is 0 Å². The standard InChI is InChI=1S/C12H24N2O2/c1-12(13,11(15)16)7-3-6-10-14-8-4-2-5-9-14/h2-10,13H2,1H3,(H,15,16). The van der Waals surface area contributed by atoms with Crippen LogP contribution in [0.3, 0.4) is 0 Å². The average molecular weight is 228 g/mol.